The molecule has 1 heterocycles. The van der Waals surface area contributed by atoms with E-state index >= 15 is 0 Å². The molecule has 0 saturated heterocycles. The largest absolute Gasteiger partial charge is 0.508 e. The van der Waals surface area contributed by atoms with Gasteiger partial charge in [-0.3, -0.25) is 0 Å². The molecule has 1 aromatic carbocycles. The van der Waals surface area contributed by atoms with Gasteiger partial charge in [0.15, 0.2) is 0 Å². The second-order valence-corrected chi connectivity index (χ2v) is 2.59. The van der Waals surface area contributed by atoms with Crippen molar-refractivity contribution in [2.75, 3.05) is 5.73 Å². The van der Waals surface area contributed by atoms with Gasteiger partial charge in [0.1, 0.15) is 11.6 Å². The molecule has 2 aromatic rings. The number of rotatable bonds is 1. The molecule has 1 aromatic heterocycles. The number of nitrogens with zero attached hydrogens (tertiary/aromatic N) is 3. The Labute approximate surface area is 74.4 Å². The molecule has 3 N–H and O–H groups in total. The predicted molar refractivity (Wildman–Crippen MR) is 47.4 cm³/mol. The van der Waals surface area contributed by atoms with Crippen molar-refractivity contribution < 1.29 is 5.11 Å². The lowest BCUT2D eigenvalue weighted by Gasteiger charge is -2.01. The van der Waals surface area contributed by atoms with Gasteiger partial charge in [-0.2, -0.15) is 4.68 Å². The van der Waals surface area contributed by atoms with E-state index in [0.29, 0.717) is 5.82 Å². The molecule has 5 nitrogen and oxygen atoms in total. The van der Waals surface area contributed by atoms with Gasteiger partial charge in [-0.05, 0) is 24.3 Å². The lowest BCUT2D eigenvalue weighted by atomic mass is 10.3. The first-order valence-electron chi connectivity index (χ1n) is 3.73. The third-order valence-corrected chi connectivity index (χ3v) is 1.67. The average molecular weight is 176 g/mol. The van der Waals surface area contributed by atoms with Crippen molar-refractivity contribution in [2.45, 2.75) is 0 Å². The second kappa shape index (κ2) is 2.78. The van der Waals surface area contributed by atoms with Gasteiger partial charge in [-0.25, -0.2) is 0 Å². The van der Waals surface area contributed by atoms with Crippen LogP contribution >= 0.6 is 0 Å². The Hall–Kier alpha value is -2.04. The van der Waals surface area contributed by atoms with Crippen LogP contribution in [0.1, 0.15) is 0 Å². The fraction of sp³-hybridized carbons (Fsp3) is 0. The van der Waals surface area contributed by atoms with Crippen LogP contribution in [0.4, 0.5) is 5.82 Å². The molecule has 0 spiro atoms. The van der Waals surface area contributed by atoms with E-state index in [0.717, 1.165) is 5.69 Å². The number of aromatic hydroxyl groups is 1. The maximum absolute atomic E-state index is 9.05. The first-order chi connectivity index (χ1) is 6.27. The maximum Gasteiger partial charge on any atom is 0.147 e. The van der Waals surface area contributed by atoms with Crippen LogP contribution in [0.3, 0.4) is 0 Å². The van der Waals surface area contributed by atoms with Crippen LogP contribution < -0.4 is 5.73 Å². The Morgan fingerprint density at radius 3 is 2.46 bits per heavy atom. The van der Waals surface area contributed by atoms with Gasteiger partial charge < -0.3 is 10.8 Å². The normalized spacial score (nSPS) is 10.2. The molecule has 0 aliphatic rings. The van der Waals surface area contributed by atoms with E-state index in [1.165, 1.54) is 10.9 Å². The highest BCUT2D eigenvalue weighted by Crippen LogP contribution is 2.14. The Balaban J connectivity index is 2.47. The van der Waals surface area contributed by atoms with Crippen LogP contribution in [-0.2, 0) is 0 Å². The van der Waals surface area contributed by atoms with E-state index in [-0.39, 0.29) is 5.75 Å². The highest BCUT2D eigenvalue weighted by atomic mass is 16.3. The van der Waals surface area contributed by atoms with Crippen LogP contribution in [-0.4, -0.2) is 20.1 Å². The van der Waals surface area contributed by atoms with Crippen molar-refractivity contribution in [3.8, 4) is 11.4 Å². The lowest BCUT2D eigenvalue weighted by molar-refractivity contribution is 0.475. The van der Waals surface area contributed by atoms with Crippen molar-refractivity contribution in [3.63, 3.8) is 0 Å². The van der Waals surface area contributed by atoms with Gasteiger partial charge in [0, 0.05) is 0 Å². The number of phenols is 1. The van der Waals surface area contributed by atoms with Gasteiger partial charge in [0.05, 0.1) is 11.9 Å². The number of hydrogen-bond acceptors (Lipinski definition) is 4. The van der Waals surface area contributed by atoms with E-state index in [4.69, 9.17) is 10.8 Å². The molecule has 13 heavy (non-hydrogen) atoms. The summed E-state index contributed by atoms with van der Waals surface area (Å²) in [5.74, 6) is 0.674. The Bertz CT molecular complexity index is 406. The number of anilines is 1. The molecular weight excluding hydrogens is 168 g/mol. The fourth-order valence-corrected chi connectivity index (χ4v) is 1.04. The van der Waals surface area contributed by atoms with E-state index < -0.39 is 0 Å². The zero-order valence-corrected chi connectivity index (χ0v) is 6.75. The number of aromatic nitrogens is 3. The molecule has 2 rings (SSSR count). The number of hydrogen-bond donors (Lipinski definition) is 2. The lowest BCUT2D eigenvalue weighted by Crippen LogP contribution is -2.01. The molecule has 0 aliphatic heterocycles. The minimum Gasteiger partial charge on any atom is -0.508 e. The molecule has 0 amide bonds. The van der Waals surface area contributed by atoms with Crippen LogP contribution in [0.5, 0.6) is 5.75 Å². The quantitative estimate of drug-likeness (QED) is 0.665. The Morgan fingerprint density at radius 2 is 1.92 bits per heavy atom. The standard InChI is InChI=1S/C8H8N4O/c9-8-5-10-11-12(8)6-1-3-7(13)4-2-6/h1-5,13H,9H2. The second-order valence-electron chi connectivity index (χ2n) is 2.59. The molecular formula is C8H8N4O. The summed E-state index contributed by atoms with van der Waals surface area (Å²) < 4.78 is 1.49. The van der Waals surface area contributed by atoms with Crippen LogP contribution in [0.25, 0.3) is 5.69 Å². The van der Waals surface area contributed by atoms with Gasteiger partial charge in [-0.15, -0.1) is 5.10 Å². The van der Waals surface area contributed by atoms with Gasteiger partial charge in [0.2, 0.25) is 0 Å². The molecule has 0 aliphatic carbocycles. The predicted octanol–water partition coefficient (Wildman–Crippen LogP) is 0.555. The smallest absolute Gasteiger partial charge is 0.147 e. The molecule has 0 fully saturated rings. The van der Waals surface area contributed by atoms with Crippen molar-refractivity contribution >= 4 is 5.82 Å². The Kier molecular flexibility index (Phi) is 1.63. The van der Waals surface area contributed by atoms with Crippen LogP contribution in [0, 0.1) is 0 Å². The fourth-order valence-electron chi connectivity index (χ4n) is 1.04. The Morgan fingerprint density at radius 1 is 1.23 bits per heavy atom. The molecule has 66 valence electrons. The van der Waals surface area contributed by atoms with Gasteiger partial charge in [0.25, 0.3) is 0 Å². The topological polar surface area (TPSA) is 77.0 Å². The van der Waals surface area contributed by atoms with Crippen molar-refractivity contribution in [1.82, 2.24) is 15.0 Å². The monoisotopic (exact) mass is 176 g/mol. The molecule has 0 saturated carbocycles. The molecule has 0 bridgehead atoms. The first kappa shape index (κ1) is 7.60. The molecule has 0 unspecified atom stereocenters. The molecule has 5 heteroatoms. The van der Waals surface area contributed by atoms with Crippen molar-refractivity contribution in [1.29, 1.82) is 0 Å². The van der Waals surface area contributed by atoms with Gasteiger partial charge >= 0.3 is 0 Å². The number of benzene rings is 1. The maximum atomic E-state index is 9.05. The van der Waals surface area contributed by atoms with Crippen molar-refractivity contribution in [2.24, 2.45) is 0 Å². The summed E-state index contributed by atoms with van der Waals surface area (Å²) in [5.41, 5.74) is 6.36. The van der Waals surface area contributed by atoms with E-state index in [9.17, 15) is 0 Å². The SMILES string of the molecule is Nc1cnnn1-c1ccc(O)cc1. The summed E-state index contributed by atoms with van der Waals surface area (Å²) in [6.07, 6.45) is 1.47. The van der Waals surface area contributed by atoms with E-state index in [2.05, 4.69) is 10.3 Å². The minimum absolute atomic E-state index is 0.211. The number of phenolic OH excluding ortho intramolecular Hbond substituents is 1. The third kappa shape index (κ3) is 1.31. The van der Waals surface area contributed by atoms with Crippen LogP contribution in [0.15, 0.2) is 30.5 Å². The van der Waals surface area contributed by atoms with Crippen LogP contribution in [0.2, 0.25) is 0 Å². The van der Waals surface area contributed by atoms with Crippen molar-refractivity contribution in [3.05, 3.63) is 30.5 Å². The molecule has 0 atom stereocenters. The average Bonchev–Trinajstić information content (AvgIpc) is 2.53. The summed E-state index contributed by atoms with van der Waals surface area (Å²) in [4.78, 5) is 0. The summed E-state index contributed by atoms with van der Waals surface area (Å²) in [6.45, 7) is 0. The summed E-state index contributed by atoms with van der Waals surface area (Å²) in [5, 5.41) is 16.5. The molecule has 0 radical (unpaired) electrons. The first-order valence-corrected chi connectivity index (χ1v) is 3.73. The highest BCUT2D eigenvalue weighted by Gasteiger charge is 2.01. The summed E-state index contributed by atoms with van der Waals surface area (Å²) in [6, 6.07) is 6.55. The highest BCUT2D eigenvalue weighted by molar-refractivity contribution is 5.41. The number of nitrogen functional groups attached to an aromatic ring is 1. The number of nitrogens with two attached hydrogens (primary N) is 1. The summed E-state index contributed by atoms with van der Waals surface area (Å²) in [7, 11) is 0. The van der Waals surface area contributed by atoms with E-state index in [1.54, 1.807) is 24.3 Å². The van der Waals surface area contributed by atoms with Gasteiger partial charge in [-0.1, -0.05) is 5.21 Å². The summed E-state index contributed by atoms with van der Waals surface area (Å²) >= 11 is 0. The third-order valence-electron chi connectivity index (χ3n) is 1.67. The minimum atomic E-state index is 0.211. The zero-order valence-electron chi connectivity index (χ0n) is 6.75. The zero-order chi connectivity index (χ0) is 9.26. The van der Waals surface area contributed by atoms with E-state index in [1.807, 2.05) is 0 Å².